The highest BCUT2D eigenvalue weighted by Gasteiger charge is 2.50. The SMILES string of the molecule is N#Cc1cccc(-c2ccc3c(c2)C2(c4cc(-c5nc(-c6ccccc6)nc(-c6cccc7ccccc67)n5)ccc4S3)c3ccccc3-c3ccccc32)c1. The quantitative estimate of drug-likeness (QED) is 0.180. The maximum Gasteiger partial charge on any atom is 0.164 e. The molecular formula is C51H30N4S. The first kappa shape index (κ1) is 32.3. The van der Waals surface area contributed by atoms with Gasteiger partial charge < -0.3 is 0 Å². The lowest BCUT2D eigenvalue weighted by Crippen LogP contribution is -2.32. The Morgan fingerprint density at radius 3 is 1.70 bits per heavy atom. The number of hydrogen-bond donors (Lipinski definition) is 0. The highest BCUT2D eigenvalue weighted by molar-refractivity contribution is 7.99. The molecule has 0 atom stereocenters. The molecule has 2 heterocycles. The van der Waals surface area contributed by atoms with Crippen LogP contribution in [0.5, 0.6) is 0 Å². The van der Waals surface area contributed by atoms with Gasteiger partial charge in [0.15, 0.2) is 17.5 Å². The van der Waals surface area contributed by atoms with Gasteiger partial charge in [-0.2, -0.15) is 5.26 Å². The third kappa shape index (κ3) is 4.90. The first-order valence-electron chi connectivity index (χ1n) is 18.7. The monoisotopic (exact) mass is 730 g/mol. The molecule has 0 fully saturated rings. The number of nitrogens with zero attached hydrogens (tertiary/aromatic N) is 4. The van der Waals surface area contributed by atoms with Crippen LogP contribution < -0.4 is 0 Å². The van der Waals surface area contributed by atoms with Gasteiger partial charge in [0.2, 0.25) is 0 Å². The van der Waals surface area contributed by atoms with E-state index in [0.29, 0.717) is 23.0 Å². The molecule has 1 aromatic heterocycles. The van der Waals surface area contributed by atoms with Gasteiger partial charge in [0.05, 0.1) is 17.0 Å². The summed E-state index contributed by atoms with van der Waals surface area (Å²) in [5.41, 5.74) is 12.3. The number of rotatable bonds is 4. The van der Waals surface area contributed by atoms with Gasteiger partial charge in [0.1, 0.15) is 0 Å². The summed E-state index contributed by atoms with van der Waals surface area (Å²) in [5, 5.41) is 12.0. The molecule has 2 aliphatic rings. The summed E-state index contributed by atoms with van der Waals surface area (Å²) in [4.78, 5) is 18.0. The Morgan fingerprint density at radius 1 is 0.411 bits per heavy atom. The number of benzene rings is 8. The lowest BCUT2D eigenvalue weighted by Gasteiger charge is -2.40. The Labute approximate surface area is 328 Å². The first-order valence-corrected chi connectivity index (χ1v) is 19.5. The summed E-state index contributed by atoms with van der Waals surface area (Å²) in [6, 6.07) is 66.3. The largest absolute Gasteiger partial charge is 0.208 e. The predicted octanol–water partition coefficient (Wildman–Crippen LogP) is 12.4. The van der Waals surface area contributed by atoms with Crippen LogP contribution in [0.15, 0.2) is 192 Å². The summed E-state index contributed by atoms with van der Waals surface area (Å²) in [7, 11) is 0. The topological polar surface area (TPSA) is 62.5 Å². The molecule has 8 aromatic carbocycles. The van der Waals surface area contributed by atoms with Crippen LogP contribution in [0.2, 0.25) is 0 Å². The Balaban J connectivity index is 1.18. The van der Waals surface area contributed by atoms with Crippen LogP contribution in [0.4, 0.5) is 0 Å². The molecule has 1 aliphatic heterocycles. The maximum atomic E-state index is 9.76. The highest BCUT2D eigenvalue weighted by Crippen LogP contribution is 2.62. The average molecular weight is 731 g/mol. The minimum Gasteiger partial charge on any atom is -0.208 e. The maximum absolute atomic E-state index is 9.76. The van der Waals surface area contributed by atoms with Gasteiger partial charge in [-0.1, -0.05) is 157 Å². The van der Waals surface area contributed by atoms with E-state index in [2.05, 4.69) is 152 Å². The van der Waals surface area contributed by atoms with E-state index in [4.69, 9.17) is 15.0 Å². The van der Waals surface area contributed by atoms with E-state index in [1.54, 1.807) is 11.8 Å². The van der Waals surface area contributed by atoms with E-state index in [1.807, 2.05) is 36.4 Å². The Morgan fingerprint density at radius 2 is 0.946 bits per heavy atom. The molecule has 4 nitrogen and oxygen atoms in total. The van der Waals surface area contributed by atoms with Crippen molar-refractivity contribution in [1.29, 1.82) is 5.26 Å². The molecule has 0 amide bonds. The fraction of sp³-hybridized carbons (Fsp3) is 0.0196. The van der Waals surface area contributed by atoms with Crippen molar-refractivity contribution in [2.24, 2.45) is 0 Å². The van der Waals surface area contributed by atoms with Crippen molar-refractivity contribution in [2.45, 2.75) is 15.2 Å². The zero-order valence-corrected chi connectivity index (χ0v) is 30.8. The van der Waals surface area contributed by atoms with E-state index >= 15 is 0 Å². The van der Waals surface area contributed by atoms with E-state index in [9.17, 15) is 5.26 Å². The van der Waals surface area contributed by atoms with Crippen molar-refractivity contribution in [3.05, 3.63) is 210 Å². The molecule has 0 N–H and O–H groups in total. The van der Waals surface area contributed by atoms with Crippen LogP contribution in [-0.4, -0.2) is 15.0 Å². The van der Waals surface area contributed by atoms with E-state index in [1.165, 1.54) is 43.2 Å². The Hall–Kier alpha value is -7.13. The summed E-state index contributed by atoms with van der Waals surface area (Å²) < 4.78 is 0. The second-order valence-electron chi connectivity index (χ2n) is 14.3. The highest BCUT2D eigenvalue weighted by atomic mass is 32.2. The van der Waals surface area contributed by atoms with Crippen LogP contribution in [-0.2, 0) is 5.41 Å². The molecule has 1 aliphatic carbocycles. The third-order valence-electron chi connectivity index (χ3n) is 11.2. The molecular weight excluding hydrogens is 701 g/mol. The molecule has 9 aromatic rings. The fourth-order valence-electron chi connectivity index (χ4n) is 8.75. The van der Waals surface area contributed by atoms with Crippen molar-refractivity contribution >= 4 is 22.5 Å². The fourth-order valence-corrected chi connectivity index (χ4v) is 9.91. The third-order valence-corrected chi connectivity index (χ3v) is 12.4. The van der Waals surface area contributed by atoms with Crippen molar-refractivity contribution in [3.8, 4) is 62.5 Å². The summed E-state index contributed by atoms with van der Waals surface area (Å²) in [6.45, 7) is 0. The van der Waals surface area contributed by atoms with Crippen LogP contribution >= 0.6 is 11.8 Å². The van der Waals surface area contributed by atoms with E-state index < -0.39 is 5.41 Å². The number of nitriles is 1. The molecule has 5 heteroatoms. The standard InChI is InChI=1S/C51H30N4S/c52-31-32-12-10-17-35(28-32)36-24-26-46-44(29-36)51(42-22-8-6-19-39(42)40-20-7-9-23-43(40)51)45-30-37(25-27-47(45)56-46)49-53-48(34-14-2-1-3-15-34)54-50(55-49)41-21-11-16-33-13-4-5-18-38(33)41/h1-30H. The molecule has 11 rings (SSSR count). The first-order chi connectivity index (χ1) is 27.7. The van der Waals surface area contributed by atoms with Crippen LogP contribution in [0.1, 0.15) is 27.8 Å². The number of aromatic nitrogens is 3. The Kier molecular flexibility index (Phi) is 7.35. The molecule has 56 heavy (non-hydrogen) atoms. The molecule has 260 valence electrons. The molecule has 1 spiro atoms. The average Bonchev–Trinajstić information content (AvgIpc) is 3.57. The molecule has 0 saturated carbocycles. The second-order valence-corrected chi connectivity index (χ2v) is 15.3. The van der Waals surface area contributed by atoms with E-state index in [0.717, 1.165) is 38.6 Å². The van der Waals surface area contributed by atoms with Gasteiger partial charge in [0, 0.05) is 26.5 Å². The molecule has 0 unspecified atom stereocenters. The minimum absolute atomic E-state index is 0.615. The van der Waals surface area contributed by atoms with Gasteiger partial charge >= 0.3 is 0 Å². The van der Waals surface area contributed by atoms with Gasteiger partial charge in [-0.05, 0) is 91.7 Å². The van der Waals surface area contributed by atoms with Crippen molar-refractivity contribution in [3.63, 3.8) is 0 Å². The number of fused-ring (bicyclic) bond motifs is 10. The lowest BCUT2D eigenvalue weighted by molar-refractivity contribution is 0.723. The lowest BCUT2D eigenvalue weighted by atomic mass is 9.66. The Bertz CT molecular complexity index is 3040. The van der Waals surface area contributed by atoms with Crippen molar-refractivity contribution < 1.29 is 0 Å². The van der Waals surface area contributed by atoms with Crippen LogP contribution in [0, 0.1) is 11.3 Å². The zero-order chi connectivity index (χ0) is 37.2. The normalized spacial score (nSPS) is 13.1. The second kappa shape index (κ2) is 12.7. The minimum atomic E-state index is -0.615. The summed E-state index contributed by atoms with van der Waals surface area (Å²) >= 11 is 1.80. The number of hydrogen-bond acceptors (Lipinski definition) is 5. The predicted molar refractivity (Wildman–Crippen MR) is 225 cm³/mol. The molecule has 0 saturated heterocycles. The summed E-state index contributed by atoms with van der Waals surface area (Å²) in [5.74, 6) is 1.89. The molecule has 0 bridgehead atoms. The van der Waals surface area contributed by atoms with Gasteiger partial charge in [-0.25, -0.2) is 15.0 Å². The van der Waals surface area contributed by atoms with Crippen LogP contribution in [0.3, 0.4) is 0 Å². The van der Waals surface area contributed by atoms with Crippen LogP contribution in [0.25, 0.3) is 67.2 Å². The van der Waals surface area contributed by atoms with Gasteiger partial charge in [-0.15, -0.1) is 0 Å². The van der Waals surface area contributed by atoms with Crippen molar-refractivity contribution in [1.82, 2.24) is 15.0 Å². The summed E-state index contributed by atoms with van der Waals surface area (Å²) in [6.07, 6.45) is 0. The van der Waals surface area contributed by atoms with E-state index in [-0.39, 0.29) is 0 Å². The van der Waals surface area contributed by atoms with Gasteiger partial charge in [-0.3, -0.25) is 0 Å². The zero-order valence-electron chi connectivity index (χ0n) is 30.0. The molecule has 0 radical (unpaired) electrons. The van der Waals surface area contributed by atoms with Crippen molar-refractivity contribution in [2.75, 3.05) is 0 Å². The van der Waals surface area contributed by atoms with Gasteiger partial charge in [0.25, 0.3) is 0 Å². The smallest absolute Gasteiger partial charge is 0.164 e.